The number of nitrogens with one attached hydrogen (secondary N) is 2. The molecule has 0 bridgehead atoms. The Balaban J connectivity index is 2.32. The molecule has 2 unspecified atom stereocenters. The molecule has 0 aromatic heterocycles. The summed E-state index contributed by atoms with van der Waals surface area (Å²) in [5.74, 6) is 7.06. The van der Waals surface area contributed by atoms with Crippen molar-refractivity contribution in [3.8, 4) is 0 Å². The number of nitrogens with zero attached hydrogens (tertiary/aromatic N) is 1. The Morgan fingerprint density at radius 1 is 1.44 bits per heavy atom. The van der Waals surface area contributed by atoms with Crippen molar-refractivity contribution in [3.05, 3.63) is 0 Å². The first-order chi connectivity index (χ1) is 8.80. The molecule has 1 aliphatic rings. The molecule has 0 amide bonds. The SMILES string of the molecule is CCC1CCCC(NC(=NCCCOC)NN)C1. The molecule has 0 heterocycles. The van der Waals surface area contributed by atoms with Crippen LogP contribution in [0.25, 0.3) is 0 Å². The Hall–Kier alpha value is -0.810. The van der Waals surface area contributed by atoms with Crippen LogP contribution in [-0.2, 0) is 4.74 Å². The van der Waals surface area contributed by atoms with Crippen LogP contribution in [0.4, 0.5) is 0 Å². The minimum Gasteiger partial charge on any atom is -0.385 e. The number of aliphatic imine (C=N–C) groups is 1. The summed E-state index contributed by atoms with van der Waals surface area (Å²) in [5.41, 5.74) is 2.66. The molecule has 2 atom stereocenters. The molecular weight excluding hydrogens is 228 g/mol. The molecule has 0 aliphatic heterocycles. The lowest BCUT2D eigenvalue weighted by Gasteiger charge is -2.29. The van der Waals surface area contributed by atoms with E-state index < -0.39 is 0 Å². The summed E-state index contributed by atoms with van der Waals surface area (Å²) >= 11 is 0. The highest BCUT2D eigenvalue weighted by molar-refractivity contribution is 5.79. The molecule has 0 spiro atoms. The molecule has 4 N–H and O–H groups in total. The first kappa shape index (κ1) is 15.2. The molecule has 0 aromatic rings. The van der Waals surface area contributed by atoms with Gasteiger partial charge in [0.2, 0.25) is 5.96 Å². The van der Waals surface area contributed by atoms with Crippen LogP contribution in [0.1, 0.15) is 45.4 Å². The van der Waals surface area contributed by atoms with Gasteiger partial charge in [0.25, 0.3) is 0 Å². The lowest BCUT2D eigenvalue weighted by Crippen LogP contribution is -2.48. The van der Waals surface area contributed by atoms with E-state index in [0.29, 0.717) is 12.0 Å². The molecular formula is C13H28N4O. The van der Waals surface area contributed by atoms with Gasteiger partial charge in [-0.25, -0.2) is 5.84 Å². The molecule has 5 nitrogen and oxygen atoms in total. The van der Waals surface area contributed by atoms with E-state index in [-0.39, 0.29) is 0 Å². The predicted molar refractivity (Wildman–Crippen MR) is 75.3 cm³/mol. The van der Waals surface area contributed by atoms with Crippen LogP contribution in [0.2, 0.25) is 0 Å². The molecule has 0 radical (unpaired) electrons. The molecule has 1 aliphatic carbocycles. The molecule has 18 heavy (non-hydrogen) atoms. The quantitative estimate of drug-likeness (QED) is 0.221. The summed E-state index contributed by atoms with van der Waals surface area (Å²) in [7, 11) is 1.71. The molecule has 0 aromatic carbocycles. The number of guanidine groups is 1. The molecule has 106 valence electrons. The summed E-state index contributed by atoms with van der Waals surface area (Å²) in [6.45, 7) is 3.75. The monoisotopic (exact) mass is 256 g/mol. The second-order valence-corrected chi connectivity index (χ2v) is 5.00. The third-order valence-corrected chi connectivity index (χ3v) is 3.61. The Kier molecular flexibility index (Phi) is 7.76. The zero-order valence-electron chi connectivity index (χ0n) is 11.7. The fourth-order valence-corrected chi connectivity index (χ4v) is 2.52. The van der Waals surface area contributed by atoms with E-state index in [2.05, 4.69) is 22.7 Å². The summed E-state index contributed by atoms with van der Waals surface area (Å²) in [4.78, 5) is 4.41. The molecule has 1 rings (SSSR count). The minimum atomic E-state index is 0.515. The number of rotatable bonds is 6. The second-order valence-electron chi connectivity index (χ2n) is 5.00. The van der Waals surface area contributed by atoms with Crippen molar-refractivity contribution in [1.29, 1.82) is 0 Å². The smallest absolute Gasteiger partial charge is 0.205 e. The first-order valence-electron chi connectivity index (χ1n) is 7.06. The zero-order valence-corrected chi connectivity index (χ0v) is 11.7. The second kappa shape index (κ2) is 9.16. The summed E-state index contributed by atoms with van der Waals surface area (Å²) < 4.78 is 4.99. The number of methoxy groups -OCH3 is 1. The van der Waals surface area contributed by atoms with Crippen molar-refractivity contribution in [2.45, 2.75) is 51.5 Å². The van der Waals surface area contributed by atoms with Crippen LogP contribution in [-0.4, -0.2) is 32.3 Å². The Bertz CT molecular complexity index is 245. The normalized spacial score (nSPS) is 24.9. The predicted octanol–water partition coefficient (Wildman–Crippen LogP) is 1.40. The van der Waals surface area contributed by atoms with Gasteiger partial charge in [0.05, 0.1) is 0 Å². The van der Waals surface area contributed by atoms with Crippen molar-refractivity contribution in [3.63, 3.8) is 0 Å². The van der Waals surface area contributed by atoms with E-state index in [4.69, 9.17) is 10.6 Å². The van der Waals surface area contributed by atoms with Crippen LogP contribution < -0.4 is 16.6 Å². The number of hydrazine groups is 1. The highest BCUT2D eigenvalue weighted by Crippen LogP contribution is 2.26. The van der Waals surface area contributed by atoms with Gasteiger partial charge in [-0.15, -0.1) is 0 Å². The average molecular weight is 256 g/mol. The van der Waals surface area contributed by atoms with Crippen molar-refractivity contribution in [2.24, 2.45) is 16.8 Å². The number of ether oxygens (including phenoxy) is 1. The van der Waals surface area contributed by atoms with Gasteiger partial charge >= 0.3 is 0 Å². The summed E-state index contributed by atoms with van der Waals surface area (Å²) in [6.07, 6.45) is 7.31. The van der Waals surface area contributed by atoms with E-state index in [1.807, 2.05) is 0 Å². The third-order valence-electron chi connectivity index (χ3n) is 3.61. The van der Waals surface area contributed by atoms with E-state index in [9.17, 15) is 0 Å². The van der Waals surface area contributed by atoms with Gasteiger partial charge in [-0.2, -0.15) is 0 Å². The Labute approximate surface area is 111 Å². The van der Waals surface area contributed by atoms with Crippen LogP contribution in [0.3, 0.4) is 0 Å². The Morgan fingerprint density at radius 3 is 2.94 bits per heavy atom. The van der Waals surface area contributed by atoms with Gasteiger partial charge in [0, 0.05) is 26.3 Å². The molecule has 1 saturated carbocycles. The van der Waals surface area contributed by atoms with Crippen LogP contribution >= 0.6 is 0 Å². The number of hydrogen-bond acceptors (Lipinski definition) is 3. The fourth-order valence-electron chi connectivity index (χ4n) is 2.52. The van der Waals surface area contributed by atoms with Gasteiger partial charge < -0.3 is 10.1 Å². The minimum absolute atomic E-state index is 0.515. The maximum absolute atomic E-state index is 5.50. The van der Waals surface area contributed by atoms with Crippen molar-refractivity contribution >= 4 is 5.96 Å². The largest absolute Gasteiger partial charge is 0.385 e. The standard InChI is InChI=1S/C13H28N4O/c1-3-11-6-4-7-12(10-11)16-13(17-14)15-8-5-9-18-2/h11-12H,3-10,14H2,1-2H3,(H2,15,16,17). The number of hydrogen-bond donors (Lipinski definition) is 3. The topological polar surface area (TPSA) is 71.7 Å². The van der Waals surface area contributed by atoms with Crippen LogP contribution in [0.5, 0.6) is 0 Å². The van der Waals surface area contributed by atoms with Gasteiger partial charge in [0.15, 0.2) is 0 Å². The van der Waals surface area contributed by atoms with Gasteiger partial charge in [0.1, 0.15) is 0 Å². The van der Waals surface area contributed by atoms with Gasteiger partial charge in [-0.1, -0.05) is 26.2 Å². The van der Waals surface area contributed by atoms with E-state index in [1.54, 1.807) is 7.11 Å². The molecule has 0 saturated heterocycles. The highest BCUT2D eigenvalue weighted by Gasteiger charge is 2.21. The Morgan fingerprint density at radius 2 is 2.28 bits per heavy atom. The maximum Gasteiger partial charge on any atom is 0.205 e. The van der Waals surface area contributed by atoms with Crippen molar-refractivity contribution in [2.75, 3.05) is 20.3 Å². The first-order valence-corrected chi connectivity index (χ1v) is 7.06. The molecule has 5 heteroatoms. The fraction of sp³-hybridized carbons (Fsp3) is 0.923. The van der Waals surface area contributed by atoms with E-state index in [0.717, 1.165) is 25.5 Å². The average Bonchev–Trinajstić information content (AvgIpc) is 2.42. The van der Waals surface area contributed by atoms with Crippen LogP contribution in [0.15, 0.2) is 4.99 Å². The van der Waals surface area contributed by atoms with Crippen LogP contribution in [0, 0.1) is 5.92 Å². The lowest BCUT2D eigenvalue weighted by molar-refractivity contribution is 0.197. The van der Waals surface area contributed by atoms with Crippen molar-refractivity contribution in [1.82, 2.24) is 10.7 Å². The summed E-state index contributed by atoms with van der Waals surface area (Å²) in [6, 6.07) is 0.515. The lowest BCUT2D eigenvalue weighted by atomic mass is 9.84. The maximum atomic E-state index is 5.50. The zero-order chi connectivity index (χ0) is 13.2. The summed E-state index contributed by atoms with van der Waals surface area (Å²) in [5, 5.41) is 3.42. The third kappa shape index (κ3) is 5.69. The molecule has 1 fully saturated rings. The van der Waals surface area contributed by atoms with Gasteiger partial charge in [-0.3, -0.25) is 10.4 Å². The van der Waals surface area contributed by atoms with Gasteiger partial charge in [-0.05, 0) is 25.2 Å². The van der Waals surface area contributed by atoms with E-state index in [1.165, 1.54) is 32.1 Å². The highest BCUT2D eigenvalue weighted by atomic mass is 16.5. The number of nitrogens with two attached hydrogens (primary N) is 1. The van der Waals surface area contributed by atoms with E-state index >= 15 is 0 Å². The van der Waals surface area contributed by atoms with Crippen molar-refractivity contribution < 1.29 is 4.74 Å².